The third-order valence-electron chi connectivity index (χ3n) is 2.67. The summed E-state index contributed by atoms with van der Waals surface area (Å²) in [5.41, 5.74) is 2.17. The zero-order chi connectivity index (χ0) is 13.1. The number of hydrogen-bond acceptors (Lipinski definition) is 1. The summed E-state index contributed by atoms with van der Waals surface area (Å²) in [6, 6.07) is 13.9. The van der Waals surface area contributed by atoms with Gasteiger partial charge in [-0.15, -0.1) is 0 Å². The van der Waals surface area contributed by atoms with Gasteiger partial charge >= 0.3 is 0 Å². The molecule has 2 aromatic rings. The number of rotatable bonds is 3. The quantitative estimate of drug-likeness (QED) is 0.727. The highest BCUT2D eigenvalue weighted by molar-refractivity contribution is 9.10. The lowest BCUT2D eigenvalue weighted by atomic mass is 10.1. The molecule has 0 heterocycles. The zero-order valence-corrected chi connectivity index (χ0v) is 12.9. The van der Waals surface area contributed by atoms with Crippen LogP contribution >= 0.6 is 39.1 Å². The predicted octanol–water partition coefficient (Wildman–Crippen LogP) is 5.93. The van der Waals surface area contributed by atoms with Crippen LogP contribution in [0.25, 0.3) is 0 Å². The van der Waals surface area contributed by atoms with E-state index in [1.807, 2.05) is 42.5 Å². The van der Waals surface area contributed by atoms with Crippen molar-refractivity contribution >= 4 is 44.8 Å². The zero-order valence-electron chi connectivity index (χ0n) is 9.75. The normalized spacial score (nSPS) is 12.2. The summed E-state index contributed by atoms with van der Waals surface area (Å²) >= 11 is 15.3. The van der Waals surface area contributed by atoms with Gasteiger partial charge in [-0.05, 0) is 48.9 Å². The molecule has 0 aliphatic heterocycles. The molecule has 18 heavy (non-hydrogen) atoms. The summed E-state index contributed by atoms with van der Waals surface area (Å²) in [4.78, 5) is 0. The van der Waals surface area contributed by atoms with Crippen LogP contribution in [0.2, 0.25) is 10.0 Å². The van der Waals surface area contributed by atoms with Crippen molar-refractivity contribution in [3.8, 4) is 0 Å². The monoisotopic (exact) mass is 343 g/mol. The molecule has 1 N–H and O–H groups in total. The third-order valence-corrected chi connectivity index (χ3v) is 3.94. The molecule has 2 aromatic carbocycles. The van der Waals surface area contributed by atoms with Gasteiger partial charge in [-0.3, -0.25) is 0 Å². The standard InChI is InChI=1S/C14H12BrCl2N/c1-9(10-2-7-13(16)14(17)8-10)18-12-5-3-11(15)4-6-12/h2-9,18H,1H3. The van der Waals surface area contributed by atoms with Gasteiger partial charge in [0, 0.05) is 16.2 Å². The molecule has 94 valence electrons. The molecule has 4 heteroatoms. The highest BCUT2D eigenvalue weighted by atomic mass is 79.9. The van der Waals surface area contributed by atoms with Crippen molar-refractivity contribution in [1.82, 2.24) is 0 Å². The van der Waals surface area contributed by atoms with Gasteiger partial charge in [0.15, 0.2) is 0 Å². The minimum absolute atomic E-state index is 0.168. The lowest BCUT2D eigenvalue weighted by molar-refractivity contribution is 0.885. The molecule has 0 amide bonds. The Morgan fingerprint density at radius 3 is 2.28 bits per heavy atom. The Kier molecular flexibility index (Phi) is 4.55. The first-order valence-electron chi connectivity index (χ1n) is 5.53. The molecule has 0 fully saturated rings. The summed E-state index contributed by atoms with van der Waals surface area (Å²) < 4.78 is 1.07. The van der Waals surface area contributed by atoms with Gasteiger partial charge in [0.05, 0.1) is 10.0 Å². The summed E-state index contributed by atoms with van der Waals surface area (Å²) in [6.07, 6.45) is 0. The van der Waals surface area contributed by atoms with Crippen LogP contribution in [0.5, 0.6) is 0 Å². The molecular formula is C14H12BrCl2N. The van der Waals surface area contributed by atoms with Gasteiger partial charge in [-0.25, -0.2) is 0 Å². The van der Waals surface area contributed by atoms with Gasteiger partial charge in [-0.1, -0.05) is 45.2 Å². The van der Waals surface area contributed by atoms with E-state index >= 15 is 0 Å². The van der Waals surface area contributed by atoms with Crippen molar-refractivity contribution in [3.63, 3.8) is 0 Å². The van der Waals surface area contributed by atoms with Crippen molar-refractivity contribution in [2.45, 2.75) is 13.0 Å². The Hall–Kier alpha value is -0.700. The number of benzene rings is 2. The molecule has 0 spiro atoms. The van der Waals surface area contributed by atoms with Crippen LogP contribution in [0.15, 0.2) is 46.9 Å². The maximum absolute atomic E-state index is 6.02. The van der Waals surface area contributed by atoms with Crippen LogP contribution in [0.4, 0.5) is 5.69 Å². The van der Waals surface area contributed by atoms with Crippen molar-refractivity contribution in [2.24, 2.45) is 0 Å². The van der Waals surface area contributed by atoms with E-state index in [4.69, 9.17) is 23.2 Å². The first-order valence-corrected chi connectivity index (χ1v) is 7.08. The van der Waals surface area contributed by atoms with E-state index in [1.165, 1.54) is 0 Å². The third kappa shape index (κ3) is 3.41. The van der Waals surface area contributed by atoms with Crippen LogP contribution in [0.3, 0.4) is 0 Å². The van der Waals surface area contributed by atoms with E-state index < -0.39 is 0 Å². The fraction of sp³-hybridized carbons (Fsp3) is 0.143. The maximum Gasteiger partial charge on any atom is 0.0595 e. The molecule has 0 aromatic heterocycles. The number of anilines is 1. The summed E-state index contributed by atoms with van der Waals surface area (Å²) in [6.45, 7) is 2.08. The smallest absolute Gasteiger partial charge is 0.0595 e. The van der Waals surface area contributed by atoms with E-state index in [-0.39, 0.29) is 6.04 Å². The lowest BCUT2D eigenvalue weighted by Gasteiger charge is -2.16. The van der Waals surface area contributed by atoms with E-state index in [0.717, 1.165) is 15.7 Å². The summed E-state index contributed by atoms with van der Waals surface area (Å²) in [5, 5.41) is 4.57. The van der Waals surface area contributed by atoms with E-state index in [0.29, 0.717) is 10.0 Å². The number of halogens is 3. The average Bonchev–Trinajstić information content (AvgIpc) is 2.35. The second-order valence-electron chi connectivity index (χ2n) is 4.05. The largest absolute Gasteiger partial charge is 0.379 e. The molecule has 0 bridgehead atoms. The predicted molar refractivity (Wildman–Crippen MR) is 82.6 cm³/mol. The van der Waals surface area contributed by atoms with E-state index in [9.17, 15) is 0 Å². The van der Waals surface area contributed by atoms with Gasteiger partial charge in [0.25, 0.3) is 0 Å². The van der Waals surface area contributed by atoms with Crippen LogP contribution in [-0.2, 0) is 0 Å². The Bertz CT molecular complexity index is 540. The highest BCUT2D eigenvalue weighted by Gasteiger charge is 2.07. The first kappa shape index (κ1) is 13.7. The van der Waals surface area contributed by atoms with Gasteiger partial charge in [-0.2, -0.15) is 0 Å². The Morgan fingerprint density at radius 2 is 1.67 bits per heavy atom. The molecule has 0 aliphatic carbocycles. The molecule has 0 saturated carbocycles. The van der Waals surface area contributed by atoms with E-state index in [2.05, 4.69) is 28.2 Å². The van der Waals surface area contributed by atoms with Crippen LogP contribution in [0.1, 0.15) is 18.5 Å². The molecule has 2 rings (SSSR count). The topological polar surface area (TPSA) is 12.0 Å². The number of hydrogen-bond donors (Lipinski definition) is 1. The Labute approximate surface area is 125 Å². The van der Waals surface area contributed by atoms with Crippen LogP contribution in [0, 0.1) is 0 Å². The fourth-order valence-corrected chi connectivity index (χ4v) is 2.23. The lowest BCUT2D eigenvalue weighted by Crippen LogP contribution is -2.06. The van der Waals surface area contributed by atoms with Crippen LogP contribution in [-0.4, -0.2) is 0 Å². The molecule has 0 radical (unpaired) electrons. The van der Waals surface area contributed by atoms with Gasteiger partial charge < -0.3 is 5.32 Å². The minimum Gasteiger partial charge on any atom is -0.379 e. The summed E-state index contributed by atoms with van der Waals surface area (Å²) in [7, 11) is 0. The van der Waals surface area contributed by atoms with Gasteiger partial charge in [0.1, 0.15) is 0 Å². The SMILES string of the molecule is CC(Nc1ccc(Br)cc1)c1ccc(Cl)c(Cl)c1. The highest BCUT2D eigenvalue weighted by Crippen LogP contribution is 2.27. The second kappa shape index (κ2) is 5.96. The number of nitrogens with one attached hydrogen (secondary N) is 1. The fourth-order valence-electron chi connectivity index (χ4n) is 1.66. The molecular weight excluding hydrogens is 333 g/mol. The summed E-state index contributed by atoms with van der Waals surface area (Å²) in [5.74, 6) is 0. The molecule has 0 aliphatic rings. The maximum atomic E-state index is 6.02. The van der Waals surface area contributed by atoms with Crippen molar-refractivity contribution < 1.29 is 0 Å². The van der Waals surface area contributed by atoms with Crippen molar-refractivity contribution in [3.05, 3.63) is 62.5 Å². The van der Waals surface area contributed by atoms with Crippen LogP contribution < -0.4 is 5.32 Å². The van der Waals surface area contributed by atoms with Gasteiger partial charge in [0.2, 0.25) is 0 Å². The molecule has 0 saturated heterocycles. The van der Waals surface area contributed by atoms with E-state index in [1.54, 1.807) is 0 Å². The van der Waals surface area contributed by atoms with Crippen molar-refractivity contribution in [1.29, 1.82) is 0 Å². The first-order chi connectivity index (χ1) is 8.56. The second-order valence-corrected chi connectivity index (χ2v) is 5.78. The van der Waals surface area contributed by atoms with Crippen molar-refractivity contribution in [2.75, 3.05) is 5.32 Å². The Morgan fingerprint density at radius 1 is 1.00 bits per heavy atom. The Balaban J connectivity index is 2.13. The molecule has 1 nitrogen and oxygen atoms in total. The minimum atomic E-state index is 0.168. The molecule has 1 unspecified atom stereocenters. The average molecular weight is 345 g/mol. The molecule has 1 atom stereocenters.